The van der Waals surface area contributed by atoms with Crippen LogP contribution in [0.25, 0.3) is 0 Å². The van der Waals surface area contributed by atoms with Gasteiger partial charge in [-0.1, -0.05) is 18.5 Å². The Morgan fingerprint density at radius 3 is 2.42 bits per heavy atom. The van der Waals surface area contributed by atoms with Crippen LogP contribution in [-0.2, 0) is 6.18 Å². The Morgan fingerprint density at radius 1 is 1.26 bits per heavy atom. The summed E-state index contributed by atoms with van der Waals surface area (Å²) in [4.78, 5) is 3.79. The molecule has 106 valence electrons. The van der Waals surface area contributed by atoms with Crippen LogP contribution in [-0.4, -0.2) is 11.0 Å². The summed E-state index contributed by atoms with van der Waals surface area (Å²) in [5.74, 6) is 1.06. The summed E-state index contributed by atoms with van der Waals surface area (Å²) in [6, 6.07) is 1.17. The lowest BCUT2D eigenvalue weighted by Crippen LogP contribution is -2.25. The fourth-order valence-corrected chi connectivity index (χ4v) is 2.52. The second-order valence-corrected chi connectivity index (χ2v) is 5.56. The van der Waals surface area contributed by atoms with Crippen LogP contribution in [0.3, 0.4) is 0 Å². The molecule has 2 nitrogen and oxygen atoms in total. The number of nitrogens with zero attached hydrogens (tertiary/aromatic N) is 1. The molecule has 1 aliphatic rings. The summed E-state index contributed by atoms with van der Waals surface area (Å²) in [5.41, 5.74) is -0.819. The highest BCUT2D eigenvalue weighted by atomic mass is 35.5. The molecule has 0 bridgehead atoms. The number of nitrogens with one attached hydrogen (secondary N) is 1. The van der Waals surface area contributed by atoms with E-state index in [2.05, 4.69) is 17.2 Å². The van der Waals surface area contributed by atoms with Crippen LogP contribution in [0.15, 0.2) is 12.3 Å². The highest BCUT2D eigenvalue weighted by molar-refractivity contribution is 6.33. The monoisotopic (exact) mass is 292 g/mol. The van der Waals surface area contributed by atoms with E-state index in [0.29, 0.717) is 11.7 Å². The zero-order valence-electron chi connectivity index (χ0n) is 10.6. The second-order valence-electron chi connectivity index (χ2n) is 5.15. The summed E-state index contributed by atoms with van der Waals surface area (Å²) in [5, 5.41) is 3.16. The lowest BCUT2D eigenvalue weighted by molar-refractivity contribution is -0.137. The van der Waals surface area contributed by atoms with Crippen molar-refractivity contribution in [1.82, 2.24) is 4.98 Å². The van der Waals surface area contributed by atoms with E-state index in [1.807, 2.05) is 0 Å². The Bertz CT molecular complexity index is 440. The fourth-order valence-electron chi connectivity index (χ4n) is 2.30. The molecule has 1 aliphatic carbocycles. The van der Waals surface area contributed by atoms with Gasteiger partial charge in [0, 0.05) is 12.2 Å². The number of hydrogen-bond donors (Lipinski definition) is 1. The van der Waals surface area contributed by atoms with Crippen molar-refractivity contribution in [3.05, 3.63) is 22.8 Å². The predicted octanol–water partition coefficient (Wildman–Crippen LogP) is 4.74. The van der Waals surface area contributed by atoms with Crippen LogP contribution in [0.4, 0.5) is 19.0 Å². The molecule has 1 aromatic heterocycles. The lowest BCUT2D eigenvalue weighted by Gasteiger charge is -2.27. The third kappa shape index (κ3) is 3.75. The van der Waals surface area contributed by atoms with E-state index in [1.54, 1.807) is 0 Å². The van der Waals surface area contributed by atoms with E-state index >= 15 is 0 Å². The average Bonchev–Trinajstić information content (AvgIpc) is 2.33. The van der Waals surface area contributed by atoms with E-state index in [1.165, 1.54) is 0 Å². The van der Waals surface area contributed by atoms with Crippen LogP contribution < -0.4 is 5.32 Å². The van der Waals surface area contributed by atoms with Gasteiger partial charge in [0.25, 0.3) is 0 Å². The van der Waals surface area contributed by atoms with Gasteiger partial charge in [-0.2, -0.15) is 13.2 Å². The lowest BCUT2D eigenvalue weighted by atomic mass is 9.87. The highest BCUT2D eigenvalue weighted by Gasteiger charge is 2.31. The molecular formula is C13H16ClF3N2. The topological polar surface area (TPSA) is 24.9 Å². The normalized spacial score (nSPS) is 24.3. The Labute approximate surface area is 115 Å². The van der Waals surface area contributed by atoms with E-state index in [4.69, 9.17) is 11.6 Å². The Kier molecular flexibility index (Phi) is 4.23. The van der Waals surface area contributed by atoms with Crippen LogP contribution in [0.2, 0.25) is 5.02 Å². The number of rotatable bonds is 2. The van der Waals surface area contributed by atoms with Crippen LogP contribution >= 0.6 is 11.6 Å². The maximum absolute atomic E-state index is 12.5. The van der Waals surface area contributed by atoms with Gasteiger partial charge in [0.05, 0.1) is 10.6 Å². The summed E-state index contributed by atoms with van der Waals surface area (Å²) in [7, 11) is 0. The SMILES string of the molecule is CC1CCC(Nc2ncc(C(F)(F)F)cc2Cl)CC1. The van der Waals surface area contributed by atoms with Gasteiger partial charge in [0.2, 0.25) is 0 Å². The molecule has 1 N–H and O–H groups in total. The van der Waals surface area contributed by atoms with Crippen molar-refractivity contribution in [1.29, 1.82) is 0 Å². The molecule has 1 aromatic rings. The quantitative estimate of drug-likeness (QED) is 0.851. The zero-order chi connectivity index (χ0) is 14.0. The van der Waals surface area contributed by atoms with Crippen molar-refractivity contribution >= 4 is 17.4 Å². The molecule has 1 fully saturated rings. The molecule has 2 rings (SSSR count). The Hall–Kier alpha value is -0.970. The number of anilines is 1. The maximum Gasteiger partial charge on any atom is 0.417 e. The molecular weight excluding hydrogens is 277 g/mol. The molecule has 0 aromatic carbocycles. The van der Waals surface area contributed by atoms with Crippen molar-refractivity contribution in [3.63, 3.8) is 0 Å². The van der Waals surface area contributed by atoms with Gasteiger partial charge in [-0.25, -0.2) is 4.98 Å². The van der Waals surface area contributed by atoms with Gasteiger partial charge in [0.1, 0.15) is 5.82 Å². The second kappa shape index (κ2) is 5.57. The maximum atomic E-state index is 12.5. The van der Waals surface area contributed by atoms with Crippen molar-refractivity contribution in [2.24, 2.45) is 5.92 Å². The first kappa shape index (κ1) is 14.4. The van der Waals surface area contributed by atoms with Crippen LogP contribution in [0, 0.1) is 5.92 Å². The van der Waals surface area contributed by atoms with E-state index in [0.717, 1.165) is 37.9 Å². The molecule has 1 saturated carbocycles. The van der Waals surface area contributed by atoms with Gasteiger partial charge in [0.15, 0.2) is 0 Å². The smallest absolute Gasteiger partial charge is 0.366 e. The standard InChI is InChI=1S/C13H16ClF3N2/c1-8-2-4-10(5-3-8)19-12-11(14)6-9(7-18-12)13(15,16)17/h6-8,10H,2-5H2,1H3,(H,18,19). The minimum Gasteiger partial charge on any atom is -0.366 e. The third-order valence-corrected chi connectivity index (χ3v) is 3.81. The van der Waals surface area contributed by atoms with Crippen molar-refractivity contribution in [3.8, 4) is 0 Å². The molecule has 0 spiro atoms. The molecule has 0 unspecified atom stereocenters. The Morgan fingerprint density at radius 2 is 1.89 bits per heavy atom. The van der Waals surface area contributed by atoms with E-state index < -0.39 is 11.7 Å². The fraction of sp³-hybridized carbons (Fsp3) is 0.615. The molecule has 1 heterocycles. The van der Waals surface area contributed by atoms with E-state index in [9.17, 15) is 13.2 Å². The number of pyridine rings is 1. The van der Waals surface area contributed by atoms with E-state index in [-0.39, 0.29) is 11.1 Å². The number of hydrogen-bond acceptors (Lipinski definition) is 2. The summed E-state index contributed by atoms with van der Waals surface area (Å²) in [6.45, 7) is 2.21. The zero-order valence-corrected chi connectivity index (χ0v) is 11.4. The van der Waals surface area contributed by atoms with Crippen LogP contribution in [0.1, 0.15) is 38.2 Å². The molecule has 0 atom stereocenters. The minimum absolute atomic E-state index is 0.0217. The van der Waals surface area contributed by atoms with Gasteiger partial charge < -0.3 is 5.32 Å². The molecule has 0 saturated heterocycles. The first-order valence-electron chi connectivity index (χ1n) is 6.35. The first-order chi connectivity index (χ1) is 8.86. The number of alkyl halides is 3. The average molecular weight is 293 g/mol. The van der Waals surface area contributed by atoms with Gasteiger partial charge in [-0.05, 0) is 37.7 Å². The summed E-state index contributed by atoms with van der Waals surface area (Å²) in [6.07, 6.45) is 0.654. The predicted molar refractivity (Wildman–Crippen MR) is 69.3 cm³/mol. The van der Waals surface area contributed by atoms with Crippen molar-refractivity contribution in [2.45, 2.75) is 44.8 Å². The molecule has 19 heavy (non-hydrogen) atoms. The van der Waals surface area contributed by atoms with Gasteiger partial charge >= 0.3 is 6.18 Å². The number of aromatic nitrogens is 1. The highest BCUT2D eigenvalue weighted by Crippen LogP contribution is 2.33. The van der Waals surface area contributed by atoms with Crippen molar-refractivity contribution in [2.75, 3.05) is 5.32 Å². The largest absolute Gasteiger partial charge is 0.417 e. The first-order valence-corrected chi connectivity index (χ1v) is 6.73. The minimum atomic E-state index is -4.41. The van der Waals surface area contributed by atoms with Gasteiger partial charge in [-0.3, -0.25) is 0 Å². The summed E-state index contributed by atoms with van der Waals surface area (Å²) < 4.78 is 37.4. The third-order valence-electron chi connectivity index (χ3n) is 3.53. The summed E-state index contributed by atoms with van der Waals surface area (Å²) >= 11 is 5.86. The van der Waals surface area contributed by atoms with Crippen molar-refractivity contribution < 1.29 is 13.2 Å². The molecule has 0 radical (unpaired) electrons. The molecule has 6 heteroatoms. The Balaban J connectivity index is 2.05. The van der Waals surface area contributed by atoms with Crippen LogP contribution in [0.5, 0.6) is 0 Å². The molecule has 0 amide bonds. The number of halogens is 4. The molecule has 0 aliphatic heterocycles. The van der Waals surface area contributed by atoms with Gasteiger partial charge in [-0.15, -0.1) is 0 Å².